The summed E-state index contributed by atoms with van der Waals surface area (Å²) in [6.45, 7) is 5.47. The van der Waals surface area contributed by atoms with E-state index < -0.39 is 0 Å². The molecule has 3 aromatic heterocycles. The van der Waals surface area contributed by atoms with Gasteiger partial charge in [0.05, 0.1) is 18.2 Å². The van der Waals surface area contributed by atoms with Crippen LogP contribution in [0.3, 0.4) is 0 Å². The molecule has 0 saturated heterocycles. The molecule has 8 nitrogen and oxygen atoms in total. The third kappa shape index (κ3) is 3.46. The SMILES string of the molecule is CC[C@H](C)[C@H]1c2nc(-c3cccnc3)nn2CCN1C(=O)c1cccnc1NC. The zero-order chi connectivity index (χ0) is 20.4. The number of anilines is 1. The highest BCUT2D eigenvalue weighted by molar-refractivity contribution is 5.99. The molecule has 0 fully saturated rings. The van der Waals surface area contributed by atoms with Crippen molar-refractivity contribution in [1.29, 1.82) is 0 Å². The summed E-state index contributed by atoms with van der Waals surface area (Å²) in [7, 11) is 1.78. The van der Waals surface area contributed by atoms with Gasteiger partial charge in [-0.3, -0.25) is 9.78 Å². The summed E-state index contributed by atoms with van der Waals surface area (Å²) in [5.41, 5.74) is 1.45. The van der Waals surface area contributed by atoms with Crippen LogP contribution in [0.2, 0.25) is 0 Å². The zero-order valence-corrected chi connectivity index (χ0v) is 16.9. The fraction of sp³-hybridized carbons (Fsp3) is 0.381. The van der Waals surface area contributed by atoms with Crippen LogP contribution in [0.4, 0.5) is 5.82 Å². The number of pyridine rings is 2. The molecule has 2 atom stereocenters. The molecule has 8 heteroatoms. The first-order valence-electron chi connectivity index (χ1n) is 9.93. The lowest BCUT2D eigenvalue weighted by molar-refractivity contribution is 0.0519. The maximum absolute atomic E-state index is 13.5. The van der Waals surface area contributed by atoms with E-state index in [1.165, 1.54) is 0 Å². The van der Waals surface area contributed by atoms with Crippen molar-refractivity contribution < 1.29 is 4.79 Å². The van der Waals surface area contributed by atoms with E-state index in [4.69, 9.17) is 10.1 Å². The third-order valence-electron chi connectivity index (χ3n) is 5.49. The van der Waals surface area contributed by atoms with Crippen LogP contribution < -0.4 is 5.32 Å². The van der Waals surface area contributed by atoms with Crippen molar-refractivity contribution in [2.75, 3.05) is 18.9 Å². The highest BCUT2D eigenvalue weighted by atomic mass is 16.2. The smallest absolute Gasteiger partial charge is 0.258 e. The molecule has 0 bridgehead atoms. The number of carbonyl (C=O) groups is 1. The number of fused-ring (bicyclic) bond motifs is 1. The van der Waals surface area contributed by atoms with Crippen LogP contribution in [0, 0.1) is 5.92 Å². The van der Waals surface area contributed by atoms with E-state index in [1.54, 1.807) is 31.7 Å². The van der Waals surface area contributed by atoms with Crippen LogP contribution in [0.5, 0.6) is 0 Å². The normalized spacial score (nSPS) is 16.9. The molecule has 1 amide bonds. The highest BCUT2D eigenvalue weighted by Gasteiger charge is 2.37. The summed E-state index contributed by atoms with van der Waals surface area (Å²) in [6.07, 6.45) is 6.10. The van der Waals surface area contributed by atoms with E-state index >= 15 is 0 Å². The van der Waals surface area contributed by atoms with Crippen molar-refractivity contribution in [3.63, 3.8) is 0 Å². The van der Waals surface area contributed by atoms with Crippen molar-refractivity contribution >= 4 is 11.7 Å². The minimum atomic E-state index is -0.149. The molecule has 4 heterocycles. The van der Waals surface area contributed by atoms with E-state index in [-0.39, 0.29) is 17.9 Å². The molecule has 0 spiro atoms. The second-order valence-electron chi connectivity index (χ2n) is 7.24. The molecule has 3 aromatic rings. The van der Waals surface area contributed by atoms with Gasteiger partial charge in [-0.25, -0.2) is 14.6 Å². The molecule has 0 unspecified atom stereocenters. The van der Waals surface area contributed by atoms with Gasteiger partial charge in [0.15, 0.2) is 11.6 Å². The molecule has 0 radical (unpaired) electrons. The molecular weight excluding hydrogens is 366 g/mol. The maximum atomic E-state index is 13.5. The third-order valence-corrected chi connectivity index (χ3v) is 5.49. The number of nitrogens with one attached hydrogen (secondary N) is 1. The van der Waals surface area contributed by atoms with Gasteiger partial charge >= 0.3 is 0 Å². The molecule has 1 aliphatic heterocycles. The van der Waals surface area contributed by atoms with Crippen molar-refractivity contribution in [3.8, 4) is 11.4 Å². The standard InChI is InChI=1S/C21H25N7O/c1-4-14(2)17-20-25-18(15-7-5-9-23-13-15)26-28(20)12-11-27(17)21(29)16-8-6-10-24-19(16)22-3/h5-10,13-14,17H,4,11-12H2,1-3H3,(H,22,24)/t14-,17-/m0/s1. The molecule has 0 aliphatic carbocycles. The highest BCUT2D eigenvalue weighted by Crippen LogP contribution is 2.35. The molecular formula is C21H25N7O. The number of amides is 1. The topological polar surface area (TPSA) is 88.8 Å². The second-order valence-corrected chi connectivity index (χ2v) is 7.24. The number of hydrogen-bond donors (Lipinski definition) is 1. The monoisotopic (exact) mass is 391 g/mol. The Balaban J connectivity index is 1.74. The van der Waals surface area contributed by atoms with Crippen LogP contribution in [0.25, 0.3) is 11.4 Å². The van der Waals surface area contributed by atoms with Gasteiger partial charge in [-0.05, 0) is 30.2 Å². The number of rotatable bonds is 5. The predicted octanol–water partition coefficient (Wildman–Crippen LogP) is 3.02. The molecule has 0 aromatic carbocycles. The Morgan fingerprint density at radius 2 is 2.10 bits per heavy atom. The Morgan fingerprint density at radius 3 is 2.83 bits per heavy atom. The molecule has 0 saturated carbocycles. The summed E-state index contributed by atoms with van der Waals surface area (Å²) in [6, 6.07) is 7.28. The minimum Gasteiger partial charge on any atom is -0.372 e. The summed E-state index contributed by atoms with van der Waals surface area (Å²) < 4.78 is 1.94. The molecule has 29 heavy (non-hydrogen) atoms. The van der Waals surface area contributed by atoms with Crippen LogP contribution in [-0.2, 0) is 6.54 Å². The number of nitrogens with zero attached hydrogens (tertiary/aromatic N) is 6. The van der Waals surface area contributed by atoms with Crippen molar-refractivity contribution in [1.82, 2.24) is 29.6 Å². The summed E-state index contributed by atoms with van der Waals surface area (Å²) in [5.74, 6) is 2.26. The first-order chi connectivity index (χ1) is 14.1. The lowest BCUT2D eigenvalue weighted by Gasteiger charge is -2.38. The van der Waals surface area contributed by atoms with Crippen LogP contribution >= 0.6 is 0 Å². The van der Waals surface area contributed by atoms with Crippen molar-refractivity contribution in [2.45, 2.75) is 32.9 Å². The first-order valence-corrected chi connectivity index (χ1v) is 9.93. The Labute approximate surface area is 170 Å². The van der Waals surface area contributed by atoms with Gasteiger partial charge in [0, 0.05) is 37.7 Å². The Morgan fingerprint density at radius 1 is 1.28 bits per heavy atom. The number of aromatic nitrogens is 5. The molecule has 4 rings (SSSR count). The molecule has 150 valence electrons. The van der Waals surface area contributed by atoms with Gasteiger partial charge in [-0.1, -0.05) is 20.3 Å². The largest absolute Gasteiger partial charge is 0.372 e. The lowest BCUT2D eigenvalue weighted by atomic mass is 9.94. The average Bonchev–Trinajstić information content (AvgIpc) is 3.22. The van der Waals surface area contributed by atoms with Gasteiger partial charge < -0.3 is 10.2 Å². The first kappa shape index (κ1) is 19.0. The van der Waals surface area contributed by atoms with Crippen LogP contribution in [0.15, 0.2) is 42.9 Å². The van der Waals surface area contributed by atoms with E-state index in [1.807, 2.05) is 27.8 Å². The predicted molar refractivity (Wildman–Crippen MR) is 110 cm³/mol. The van der Waals surface area contributed by atoms with Gasteiger partial charge in [-0.15, -0.1) is 0 Å². The van der Waals surface area contributed by atoms with E-state index in [2.05, 4.69) is 29.1 Å². The number of hydrogen-bond acceptors (Lipinski definition) is 6. The average molecular weight is 391 g/mol. The molecule has 1 N–H and O–H groups in total. The van der Waals surface area contributed by atoms with Gasteiger partial charge in [0.1, 0.15) is 5.82 Å². The fourth-order valence-corrected chi connectivity index (χ4v) is 3.78. The van der Waals surface area contributed by atoms with E-state index in [9.17, 15) is 4.79 Å². The van der Waals surface area contributed by atoms with Gasteiger partial charge in [0.25, 0.3) is 5.91 Å². The van der Waals surface area contributed by atoms with Crippen LogP contribution in [-0.4, -0.2) is 49.1 Å². The Kier molecular flexibility index (Phi) is 5.24. The fourth-order valence-electron chi connectivity index (χ4n) is 3.78. The number of carbonyl (C=O) groups excluding carboxylic acids is 1. The maximum Gasteiger partial charge on any atom is 0.258 e. The second kappa shape index (κ2) is 7.98. The summed E-state index contributed by atoms with van der Waals surface area (Å²) >= 11 is 0. The van der Waals surface area contributed by atoms with E-state index in [0.29, 0.717) is 30.3 Å². The van der Waals surface area contributed by atoms with Crippen LogP contribution in [0.1, 0.15) is 42.5 Å². The quantitative estimate of drug-likeness (QED) is 0.719. The van der Waals surface area contributed by atoms with Crippen molar-refractivity contribution in [3.05, 3.63) is 54.2 Å². The minimum absolute atomic E-state index is 0.0371. The summed E-state index contributed by atoms with van der Waals surface area (Å²) in [5, 5.41) is 7.71. The Bertz CT molecular complexity index is 1000. The van der Waals surface area contributed by atoms with Crippen molar-refractivity contribution in [2.24, 2.45) is 5.92 Å². The summed E-state index contributed by atoms with van der Waals surface area (Å²) in [4.78, 5) is 28.7. The zero-order valence-electron chi connectivity index (χ0n) is 16.9. The Hall–Kier alpha value is -3.29. The molecule has 1 aliphatic rings. The van der Waals surface area contributed by atoms with Gasteiger partial charge in [-0.2, -0.15) is 5.10 Å². The van der Waals surface area contributed by atoms with E-state index in [0.717, 1.165) is 17.8 Å². The lowest BCUT2D eigenvalue weighted by Crippen LogP contribution is -2.45. The van der Waals surface area contributed by atoms with Gasteiger partial charge in [0.2, 0.25) is 0 Å².